The molecule has 1 atom stereocenters. The highest BCUT2D eigenvalue weighted by atomic mass is 79.9. The van der Waals surface area contributed by atoms with Crippen LogP contribution >= 0.6 is 15.9 Å². The Balaban J connectivity index is 2.07. The Hall–Kier alpha value is -0.830. The number of aryl methyl sites for hydroxylation is 1. The molecular weight excluding hydrogens is 314 g/mol. The largest absolute Gasteiger partial charge is 0.334 e. The second-order valence-electron chi connectivity index (χ2n) is 6.01. The van der Waals surface area contributed by atoms with Crippen molar-refractivity contribution in [3.05, 3.63) is 35.4 Å². The van der Waals surface area contributed by atoms with Crippen molar-refractivity contribution in [2.45, 2.75) is 57.4 Å². The fraction of sp³-hybridized carbons (Fsp3) is 0.588. The number of hydrogen-bond acceptors (Lipinski definition) is 1. The molecule has 1 aliphatic carbocycles. The van der Waals surface area contributed by atoms with Crippen LogP contribution in [0.15, 0.2) is 24.3 Å². The van der Waals surface area contributed by atoms with Crippen molar-refractivity contribution in [1.29, 1.82) is 0 Å². The third-order valence-corrected chi connectivity index (χ3v) is 5.33. The lowest BCUT2D eigenvalue weighted by molar-refractivity contribution is -0.132. The van der Waals surface area contributed by atoms with E-state index in [-0.39, 0.29) is 10.7 Å². The molecule has 1 fully saturated rings. The Kier molecular flexibility index (Phi) is 5.25. The van der Waals surface area contributed by atoms with Gasteiger partial charge in [-0.15, -0.1) is 0 Å². The minimum atomic E-state index is -0.0713. The van der Waals surface area contributed by atoms with Crippen LogP contribution in [-0.2, 0) is 17.8 Å². The number of carbonyl (C=O) groups is 1. The quantitative estimate of drug-likeness (QED) is 0.713. The van der Waals surface area contributed by atoms with Gasteiger partial charge < -0.3 is 4.90 Å². The summed E-state index contributed by atoms with van der Waals surface area (Å²) in [4.78, 5) is 14.6. The lowest BCUT2D eigenvalue weighted by Crippen LogP contribution is -2.39. The summed E-state index contributed by atoms with van der Waals surface area (Å²) in [5, 5.41) is 0. The molecule has 0 radical (unpaired) electrons. The highest BCUT2D eigenvalue weighted by Crippen LogP contribution is 2.31. The first kappa shape index (κ1) is 15.6. The van der Waals surface area contributed by atoms with Crippen molar-refractivity contribution in [1.82, 2.24) is 4.90 Å². The summed E-state index contributed by atoms with van der Waals surface area (Å²) < 4.78 is 0. The van der Waals surface area contributed by atoms with Crippen LogP contribution in [0.4, 0.5) is 0 Å². The molecule has 0 heterocycles. The summed E-state index contributed by atoms with van der Waals surface area (Å²) >= 11 is 3.55. The monoisotopic (exact) mass is 337 g/mol. The maximum Gasteiger partial charge on any atom is 0.237 e. The van der Waals surface area contributed by atoms with Crippen LogP contribution in [-0.4, -0.2) is 21.7 Å². The van der Waals surface area contributed by atoms with E-state index < -0.39 is 0 Å². The van der Waals surface area contributed by atoms with E-state index in [2.05, 4.69) is 65.9 Å². The van der Waals surface area contributed by atoms with Crippen LogP contribution < -0.4 is 0 Å². The maximum absolute atomic E-state index is 12.6. The first-order chi connectivity index (χ1) is 9.52. The van der Waals surface area contributed by atoms with Crippen LogP contribution in [0.2, 0.25) is 0 Å². The molecule has 1 unspecified atom stereocenters. The van der Waals surface area contributed by atoms with Crippen molar-refractivity contribution < 1.29 is 4.79 Å². The standard InChI is InChI=1S/C17H24BrNO/c1-4-13-5-7-14(8-6-13)11-19(15-9-10-15)17(20)16(18)12(2)3/h5-8,12,15-16H,4,9-11H2,1-3H3. The van der Waals surface area contributed by atoms with E-state index in [9.17, 15) is 4.79 Å². The SMILES string of the molecule is CCc1ccc(CN(C(=O)C(Br)C(C)C)C2CC2)cc1. The second kappa shape index (κ2) is 6.75. The molecule has 2 nitrogen and oxygen atoms in total. The maximum atomic E-state index is 12.6. The summed E-state index contributed by atoms with van der Waals surface area (Å²) in [6.07, 6.45) is 3.36. The molecule has 1 amide bonds. The summed E-state index contributed by atoms with van der Waals surface area (Å²) in [5.41, 5.74) is 2.57. The zero-order valence-electron chi connectivity index (χ0n) is 12.6. The fourth-order valence-corrected chi connectivity index (χ4v) is 2.56. The average molecular weight is 338 g/mol. The van der Waals surface area contributed by atoms with Crippen molar-refractivity contribution in [2.24, 2.45) is 5.92 Å². The summed E-state index contributed by atoms with van der Waals surface area (Å²) in [5.74, 6) is 0.563. The van der Waals surface area contributed by atoms with Crippen molar-refractivity contribution in [3.63, 3.8) is 0 Å². The summed E-state index contributed by atoms with van der Waals surface area (Å²) in [6.45, 7) is 7.06. The molecule has 1 aliphatic rings. The number of rotatable bonds is 6. The van der Waals surface area contributed by atoms with Gasteiger partial charge in [0, 0.05) is 12.6 Å². The Morgan fingerprint density at radius 2 is 1.80 bits per heavy atom. The number of nitrogens with zero attached hydrogens (tertiary/aromatic N) is 1. The first-order valence-electron chi connectivity index (χ1n) is 7.55. The third kappa shape index (κ3) is 3.85. The van der Waals surface area contributed by atoms with E-state index in [1.807, 2.05) is 0 Å². The molecule has 1 saturated carbocycles. The zero-order chi connectivity index (χ0) is 14.7. The lowest BCUT2D eigenvalue weighted by Gasteiger charge is -2.26. The molecule has 0 spiro atoms. The van der Waals surface area contributed by atoms with E-state index in [4.69, 9.17) is 0 Å². The van der Waals surface area contributed by atoms with Crippen LogP contribution in [0.1, 0.15) is 44.7 Å². The van der Waals surface area contributed by atoms with Gasteiger partial charge in [0.2, 0.25) is 5.91 Å². The molecule has 1 aromatic rings. The predicted octanol–water partition coefficient (Wildman–Crippen LogP) is 4.16. The van der Waals surface area contributed by atoms with Crippen molar-refractivity contribution >= 4 is 21.8 Å². The van der Waals surface area contributed by atoms with Gasteiger partial charge in [0.05, 0.1) is 4.83 Å². The Labute approximate surface area is 130 Å². The van der Waals surface area contributed by atoms with Crippen LogP contribution in [0.3, 0.4) is 0 Å². The lowest BCUT2D eigenvalue weighted by atomic mass is 10.1. The molecule has 0 N–H and O–H groups in total. The number of halogens is 1. The van der Waals surface area contributed by atoms with Crippen molar-refractivity contribution in [3.8, 4) is 0 Å². The Morgan fingerprint density at radius 3 is 2.25 bits per heavy atom. The normalized spacial score (nSPS) is 16.2. The number of carbonyl (C=O) groups excluding carboxylic acids is 1. The smallest absolute Gasteiger partial charge is 0.237 e. The van der Waals surface area contributed by atoms with E-state index in [0.717, 1.165) is 25.8 Å². The third-order valence-electron chi connectivity index (χ3n) is 3.88. The van der Waals surface area contributed by atoms with Gasteiger partial charge >= 0.3 is 0 Å². The molecule has 1 aromatic carbocycles. The topological polar surface area (TPSA) is 20.3 Å². The highest BCUT2D eigenvalue weighted by molar-refractivity contribution is 9.10. The molecule has 2 rings (SSSR count). The van der Waals surface area contributed by atoms with Crippen LogP contribution in [0, 0.1) is 5.92 Å². The van der Waals surface area contributed by atoms with Gasteiger partial charge in [-0.2, -0.15) is 0 Å². The highest BCUT2D eigenvalue weighted by Gasteiger charge is 2.35. The minimum Gasteiger partial charge on any atom is -0.334 e. The van der Waals surface area contributed by atoms with Gasteiger partial charge in [-0.05, 0) is 36.3 Å². The van der Waals surface area contributed by atoms with Gasteiger partial charge in [-0.25, -0.2) is 0 Å². The molecule has 20 heavy (non-hydrogen) atoms. The van der Waals surface area contributed by atoms with Gasteiger partial charge in [-0.3, -0.25) is 4.79 Å². The molecular formula is C17H24BrNO. The minimum absolute atomic E-state index is 0.0713. The van der Waals surface area contributed by atoms with Gasteiger partial charge in [-0.1, -0.05) is 61.0 Å². The zero-order valence-corrected chi connectivity index (χ0v) is 14.2. The second-order valence-corrected chi connectivity index (χ2v) is 7.00. The van der Waals surface area contributed by atoms with E-state index in [1.54, 1.807) is 0 Å². The first-order valence-corrected chi connectivity index (χ1v) is 8.46. The molecule has 3 heteroatoms. The van der Waals surface area contributed by atoms with Crippen molar-refractivity contribution in [2.75, 3.05) is 0 Å². The van der Waals surface area contributed by atoms with E-state index in [0.29, 0.717) is 12.0 Å². The van der Waals surface area contributed by atoms with Gasteiger partial charge in [0.15, 0.2) is 0 Å². The fourth-order valence-electron chi connectivity index (χ4n) is 2.29. The van der Waals surface area contributed by atoms with Gasteiger partial charge in [0.1, 0.15) is 0 Å². The summed E-state index contributed by atoms with van der Waals surface area (Å²) in [6, 6.07) is 9.09. The number of benzene rings is 1. The molecule has 0 aliphatic heterocycles. The van der Waals surface area contributed by atoms with Crippen LogP contribution in [0.25, 0.3) is 0 Å². The molecule has 0 bridgehead atoms. The molecule has 110 valence electrons. The predicted molar refractivity (Wildman–Crippen MR) is 86.9 cm³/mol. The molecule has 0 saturated heterocycles. The van der Waals surface area contributed by atoms with Crippen LogP contribution in [0.5, 0.6) is 0 Å². The number of amides is 1. The average Bonchev–Trinajstić information content (AvgIpc) is 3.28. The van der Waals surface area contributed by atoms with Gasteiger partial charge in [0.25, 0.3) is 0 Å². The Morgan fingerprint density at radius 1 is 1.25 bits per heavy atom. The summed E-state index contributed by atoms with van der Waals surface area (Å²) in [7, 11) is 0. The number of alkyl halides is 1. The molecule has 0 aromatic heterocycles. The van der Waals surface area contributed by atoms with E-state index >= 15 is 0 Å². The van der Waals surface area contributed by atoms with E-state index in [1.165, 1.54) is 11.1 Å². The number of hydrogen-bond donors (Lipinski definition) is 0. The Bertz CT molecular complexity index is 451.